The molecule has 1 amide bonds. The molecule has 0 aliphatic carbocycles. The van der Waals surface area contributed by atoms with E-state index in [1.54, 1.807) is 18.3 Å². The molecular weight excluding hydrogens is 278 g/mol. The van der Waals surface area contributed by atoms with Crippen LogP contribution in [0.4, 0.5) is 0 Å². The second-order valence-corrected chi connectivity index (χ2v) is 5.73. The third-order valence-electron chi connectivity index (χ3n) is 2.86. The SMILES string of the molecule is Cc1cn2cc(CNC(=O)Cc3nonc3C)nc2s1. The molecule has 3 aromatic rings. The molecule has 1 N–H and O–H groups in total. The Bertz CT molecular complexity index is 725. The Labute approximate surface area is 118 Å². The fourth-order valence-corrected chi connectivity index (χ4v) is 2.69. The highest BCUT2D eigenvalue weighted by atomic mass is 32.1. The number of aromatic nitrogens is 4. The van der Waals surface area contributed by atoms with Crippen molar-refractivity contribution in [1.29, 1.82) is 0 Å². The predicted molar refractivity (Wildman–Crippen MR) is 72.4 cm³/mol. The Morgan fingerprint density at radius 1 is 1.40 bits per heavy atom. The van der Waals surface area contributed by atoms with Crippen LogP contribution in [0.1, 0.15) is 22.0 Å². The number of carbonyl (C=O) groups excluding carboxylic acids is 1. The third kappa shape index (κ3) is 2.55. The average molecular weight is 291 g/mol. The number of nitrogens with one attached hydrogen (secondary N) is 1. The minimum absolute atomic E-state index is 0.128. The molecule has 0 bridgehead atoms. The zero-order chi connectivity index (χ0) is 14.1. The van der Waals surface area contributed by atoms with Crippen LogP contribution in [0, 0.1) is 13.8 Å². The van der Waals surface area contributed by atoms with E-state index < -0.39 is 0 Å². The lowest BCUT2D eigenvalue weighted by molar-refractivity contribution is -0.120. The predicted octanol–water partition coefficient (Wildman–Crippen LogP) is 1.25. The summed E-state index contributed by atoms with van der Waals surface area (Å²) in [6.45, 7) is 4.19. The fourth-order valence-electron chi connectivity index (χ4n) is 1.86. The molecular formula is C12H13N5O2S. The van der Waals surface area contributed by atoms with Crippen molar-refractivity contribution in [3.63, 3.8) is 0 Å². The second kappa shape index (κ2) is 5.04. The van der Waals surface area contributed by atoms with Crippen molar-refractivity contribution in [3.05, 3.63) is 34.4 Å². The first-order valence-corrected chi connectivity index (χ1v) is 6.92. The number of hydrogen-bond acceptors (Lipinski definition) is 6. The minimum Gasteiger partial charge on any atom is -0.350 e. The van der Waals surface area contributed by atoms with Gasteiger partial charge in [-0.15, -0.1) is 11.3 Å². The molecule has 3 rings (SSSR count). The molecule has 0 unspecified atom stereocenters. The molecule has 104 valence electrons. The molecule has 0 aliphatic rings. The van der Waals surface area contributed by atoms with Gasteiger partial charge in [-0.3, -0.25) is 9.20 Å². The molecule has 0 radical (unpaired) electrons. The van der Waals surface area contributed by atoms with E-state index in [-0.39, 0.29) is 12.3 Å². The summed E-state index contributed by atoms with van der Waals surface area (Å²) in [6, 6.07) is 0. The van der Waals surface area contributed by atoms with Crippen molar-refractivity contribution >= 4 is 22.2 Å². The lowest BCUT2D eigenvalue weighted by Gasteiger charge is -2.00. The van der Waals surface area contributed by atoms with Gasteiger partial charge in [0, 0.05) is 17.3 Å². The molecule has 0 spiro atoms. The van der Waals surface area contributed by atoms with Gasteiger partial charge in [-0.05, 0) is 13.8 Å². The highest BCUT2D eigenvalue weighted by Gasteiger charge is 2.11. The summed E-state index contributed by atoms with van der Waals surface area (Å²) in [6.07, 6.45) is 4.10. The molecule has 0 aliphatic heterocycles. The Morgan fingerprint density at radius 2 is 2.25 bits per heavy atom. The third-order valence-corrected chi connectivity index (χ3v) is 3.77. The fraction of sp³-hybridized carbons (Fsp3) is 0.333. The molecule has 7 nitrogen and oxygen atoms in total. The van der Waals surface area contributed by atoms with E-state index >= 15 is 0 Å². The van der Waals surface area contributed by atoms with Gasteiger partial charge in [0.2, 0.25) is 5.91 Å². The van der Waals surface area contributed by atoms with Crippen molar-refractivity contribution in [1.82, 2.24) is 25.0 Å². The highest BCUT2D eigenvalue weighted by Crippen LogP contribution is 2.16. The van der Waals surface area contributed by atoms with Gasteiger partial charge >= 0.3 is 0 Å². The van der Waals surface area contributed by atoms with Gasteiger partial charge in [0.25, 0.3) is 0 Å². The van der Waals surface area contributed by atoms with Crippen LogP contribution < -0.4 is 5.32 Å². The largest absolute Gasteiger partial charge is 0.350 e. The topological polar surface area (TPSA) is 85.3 Å². The summed E-state index contributed by atoms with van der Waals surface area (Å²) >= 11 is 1.62. The molecule has 0 aromatic carbocycles. The number of nitrogens with zero attached hydrogens (tertiary/aromatic N) is 4. The smallest absolute Gasteiger partial charge is 0.226 e. The van der Waals surface area contributed by atoms with E-state index in [1.807, 2.05) is 23.7 Å². The number of hydrogen-bond donors (Lipinski definition) is 1. The van der Waals surface area contributed by atoms with E-state index in [1.165, 1.54) is 4.88 Å². The maximum atomic E-state index is 11.8. The lowest BCUT2D eigenvalue weighted by Crippen LogP contribution is -2.25. The van der Waals surface area contributed by atoms with Crippen molar-refractivity contribution in [2.75, 3.05) is 0 Å². The van der Waals surface area contributed by atoms with Gasteiger partial charge in [0.05, 0.1) is 18.7 Å². The molecule has 8 heteroatoms. The Balaban J connectivity index is 1.59. The quantitative estimate of drug-likeness (QED) is 0.782. The van der Waals surface area contributed by atoms with Gasteiger partial charge < -0.3 is 5.32 Å². The van der Waals surface area contributed by atoms with Crippen molar-refractivity contribution in [3.8, 4) is 0 Å². The summed E-state index contributed by atoms with van der Waals surface area (Å²) in [4.78, 5) is 18.4. The van der Waals surface area contributed by atoms with Crippen molar-refractivity contribution < 1.29 is 9.42 Å². The molecule has 0 saturated heterocycles. The first-order valence-electron chi connectivity index (χ1n) is 6.10. The van der Waals surface area contributed by atoms with E-state index in [9.17, 15) is 4.79 Å². The molecule has 3 heterocycles. The Morgan fingerprint density at radius 3 is 2.95 bits per heavy atom. The monoisotopic (exact) mass is 291 g/mol. The van der Waals surface area contributed by atoms with Crippen LogP contribution in [0.5, 0.6) is 0 Å². The zero-order valence-corrected chi connectivity index (χ0v) is 11.9. The summed E-state index contributed by atoms with van der Waals surface area (Å²) < 4.78 is 6.52. The van der Waals surface area contributed by atoms with Crippen LogP contribution >= 0.6 is 11.3 Å². The standard InChI is InChI=1S/C12H13N5O2S/c1-7-5-17-6-9(14-12(17)20-7)4-13-11(18)3-10-8(2)15-19-16-10/h5-6H,3-4H2,1-2H3,(H,13,18). The molecule has 20 heavy (non-hydrogen) atoms. The number of thiazole rings is 1. The van der Waals surface area contributed by atoms with Gasteiger partial charge in [-0.25, -0.2) is 9.61 Å². The van der Waals surface area contributed by atoms with E-state index in [4.69, 9.17) is 0 Å². The van der Waals surface area contributed by atoms with Crippen LogP contribution in [0.2, 0.25) is 0 Å². The van der Waals surface area contributed by atoms with Crippen molar-refractivity contribution in [2.24, 2.45) is 0 Å². The van der Waals surface area contributed by atoms with Crippen LogP contribution in [0.15, 0.2) is 17.0 Å². The van der Waals surface area contributed by atoms with Gasteiger partial charge in [0.1, 0.15) is 11.4 Å². The lowest BCUT2D eigenvalue weighted by atomic mass is 10.2. The molecule has 0 saturated carbocycles. The molecule has 3 aromatic heterocycles. The number of carbonyl (C=O) groups is 1. The summed E-state index contributed by atoms with van der Waals surface area (Å²) in [5.41, 5.74) is 2.03. The maximum Gasteiger partial charge on any atom is 0.226 e. The Hall–Kier alpha value is -2.22. The number of fused-ring (bicyclic) bond motifs is 1. The van der Waals surface area contributed by atoms with Crippen LogP contribution in [-0.4, -0.2) is 25.6 Å². The first-order chi connectivity index (χ1) is 9.61. The van der Waals surface area contributed by atoms with Gasteiger partial charge in [0.15, 0.2) is 4.96 Å². The van der Waals surface area contributed by atoms with E-state index in [0.29, 0.717) is 17.9 Å². The zero-order valence-electron chi connectivity index (χ0n) is 11.1. The maximum absolute atomic E-state index is 11.8. The normalized spacial score (nSPS) is 11.1. The highest BCUT2D eigenvalue weighted by molar-refractivity contribution is 7.16. The summed E-state index contributed by atoms with van der Waals surface area (Å²) in [5.74, 6) is -0.128. The Kier molecular flexibility index (Phi) is 3.23. The van der Waals surface area contributed by atoms with Crippen LogP contribution in [0.3, 0.4) is 0 Å². The number of imidazole rings is 1. The number of amides is 1. The first kappa shape index (κ1) is 12.8. The van der Waals surface area contributed by atoms with Gasteiger partial charge in [-0.2, -0.15) is 0 Å². The average Bonchev–Trinajstić information content (AvgIpc) is 3.03. The van der Waals surface area contributed by atoms with Crippen LogP contribution in [0.25, 0.3) is 4.96 Å². The minimum atomic E-state index is -0.128. The van der Waals surface area contributed by atoms with Crippen molar-refractivity contribution in [2.45, 2.75) is 26.8 Å². The second-order valence-electron chi connectivity index (χ2n) is 4.51. The van der Waals surface area contributed by atoms with E-state index in [0.717, 1.165) is 10.7 Å². The number of aryl methyl sites for hydroxylation is 2. The van der Waals surface area contributed by atoms with Crippen LogP contribution in [-0.2, 0) is 17.8 Å². The summed E-state index contributed by atoms with van der Waals surface area (Å²) in [5, 5.41) is 10.1. The summed E-state index contributed by atoms with van der Waals surface area (Å²) in [7, 11) is 0. The van der Waals surface area contributed by atoms with Gasteiger partial charge in [-0.1, -0.05) is 10.3 Å². The van der Waals surface area contributed by atoms with E-state index in [2.05, 4.69) is 25.2 Å². The molecule has 0 fully saturated rings. The number of rotatable bonds is 4. The molecule has 0 atom stereocenters.